The van der Waals surface area contributed by atoms with E-state index in [-0.39, 0.29) is 0 Å². The number of rotatable bonds is 8. The molecule has 5 N–H and O–H groups in total. The summed E-state index contributed by atoms with van der Waals surface area (Å²) < 4.78 is 0. The summed E-state index contributed by atoms with van der Waals surface area (Å²) in [7, 11) is 0. The van der Waals surface area contributed by atoms with Crippen LogP contribution in [0.25, 0.3) is 0 Å². The number of carbonyl (C=O) groups is 2. The molecule has 1 aromatic rings. The Morgan fingerprint density at radius 1 is 1.16 bits per heavy atom. The second-order valence-electron chi connectivity index (χ2n) is 4.48. The molecule has 0 spiro atoms. The normalized spacial score (nSPS) is 13.8. The molecule has 1 unspecified atom stereocenters. The molecule has 0 radical (unpaired) electrons. The van der Waals surface area contributed by atoms with Gasteiger partial charge in [0.15, 0.2) is 5.78 Å². The van der Waals surface area contributed by atoms with Crippen molar-refractivity contribution < 1.29 is 14.7 Å². The quantitative estimate of drug-likeness (QED) is 0.477. The maximum absolute atomic E-state index is 12.1. The predicted octanol–water partition coefficient (Wildman–Crippen LogP) is 0.880. The number of carboxylic acids is 1. The third kappa shape index (κ3) is 4.46. The fraction of sp³-hybridized carbons (Fsp3) is 0.429. The number of carbonyl (C=O) groups excluding carboxylic acids is 1. The van der Waals surface area contributed by atoms with Gasteiger partial charge in [-0.25, -0.2) is 0 Å². The molecule has 0 aliphatic carbocycles. The highest BCUT2D eigenvalue weighted by molar-refractivity contribution is 6.06. The summed E-state index contributed by atoms with van der Waals surface area (Å²) in [4.78, 5) is 23.4. The minimum absolute atomic E-state index is 0.448. The Morgan fingerprint density at radius 3 is 2.32 bits per heavy atom. The predicted molar refractivity (Wildman–Crippen MR) is 72.7 cm³/mol. The average molecular weight is 264 g/mol. The Balaban J connectivity index is 2.77. The number of carboxylic acid groups (broad SMARTS) is 1. The molecule has 0 bridgehead atoms. The van der Waals surface area contributed by atoms with Crippen molar-refractivity contribution in [1.29, 1.82) is 0 Å². The van der Waals surface area contributed by atoms with E-state index >= 15 is 0 Å². The molecule has 1 aromatic carbocycles. The van der Waals surface area contributed by atoms with Crippen LogP contribution in [0.2, 0.25) is 0 Å². The number of ketones is 1. The summed E-state index contributed by atoms with van der Waals surface area (Å²) in [5, 5.41) is 9.22. The van der Waals surface area contributed by atoms with Crippen molar-refractivity contribution in [3.05, 3.63) is 35.9 Å². The zero-order valence-corrected chi connectivity index (χ0v) is 10.8. The number of nitrogens with two attached hydrogens (primary N) is 2. The van der Waals surface area contributed by atoms with Crippen molar-refractivity contribution in [3.8, 4) is 0 Å². The van der Waals surface area contributed by atoms with Gasteiger partial charge in [-0.2, -0.15) is 0 Å². The van der Waals surface area contributed by atoms with Gasteiger partial charge >= 0.3 is 5.97 Å². The molecule has 0 amide bonds. The molecular formula is C14H20N2O3. The number of unbranched alkanes of at least 4 members (excludes halogenated alkanes) is 1. The van der Waals surface area contributed by atoms with E-state index < -0.39 is 23.7 Å². The van der Waals surface area contributed by atoms with Crippen molar-refractivity contribution >= 4 is 11.8 Å². The van der Waals surface area contributed by atoms with Gasteiger partial charge in [-0.15, -0.1) is 0 Å². The van der Waals surface area contributed by atoms with E-state index in [0.717, 1.165) is 12.8 Å². The largest absolute Gasteiger partial charge is 0.480 e. The van der Waals surface area contributed by atoms with E-state index in [1.807, 2.05) is 0 Å². The molecule has 0 fully saturated rings. The SMILES string of the molecule is NCCCC[C@H](N)C(=O)C(C(=O)O)c1ccccc1. The Kier molecular flexibility index (Phi) is 6.18. The lowest BCUT2D eigenvalue weighted by Crippen LogP contribution is -2.37. The minimum Gasteiger partial charge on any atom is -0.480 e. The molecule has 104 valence electrons. The standard InChI is InChI=1S/C14H20N2O3/c15-9-5-4-8-11(16)13(17)12(14(18)19)10-6-2-1-3-7-10/h1-3,6-7,11-12H,4-5,8-9,15-16H2,(H,18,19)/t11-,12?/m0/s1. The van der Waals surface area contributed by atoms with Crippen LogP contribution in [0.15, 0.2) is 30.3 Å². The monoisotopic (exact) mass is 264 g/mol. The smallest absolute Gasteiger partial charge is 0.318 e. The van der Waals surface area contributed by atoms with Crippen molar-refractivity contribution in [2.75, 3.05) is 6.54 Å². The van der Waals surface area contributed by atoms with Gasteiger partial charge < -0.3 is 16.6 Å². The van der Waals surface area contributed by atoms with Crippen LogP contribution in [0.5, 0.6) is 0 Å². The van der Waals surface area contributed by atoms with Crippen LogP contribution in [-0.4, -0.2) is 29.4 Å². The summed E-state index contributed by atoms with van der Waals surface area (Å²) in [6, 6.07) is 7.69. The van der Waals surface area contributed by atoms with E-state index in [1.165, 1.54) is 0 Å². The Bertz CT molecular complexity index is 420. The van der Waals surface area contributed by atoms with E-state index in [4.69, 9.17) is 11.5 Å². The maximum Gasteiger partial charge on any atom is 0.318 e. The minimum atomic E-state index is -1.19. The summed E-state index contributed by atoms with van der Waals surface area (Å²) in [5.41, 5.74) is 11.6. The van der Waals surface area contributed by atoms with E-state index in [2.05, 4.69) is 0 Å². The molecule has 0 aromatic heterocycles. The molecular weight excluding hydrogens is 244 g/mol. The van der Waals surface area contributed by atoms with Crippen molar-refractivity contribution in [3.63, 3.8) is 0 Å². The lowest BCUT2D eigenvalue weighted by atomic mass is 9.89. The van der Waals surface area contributed by atoms with Crippen LogP contribution in [0.3, 0.4) is 0 Å². The maximum atomic E-state index is 12.1. The highest BCUT2D eigenvalue weighted by Crippen LogP contribution is 2.19. The number of hydrogen-bond donors (Lipinski definition) is 3. The molecule has 0 aliphatic heterocycles. The van der Waals surface area contributed by atoms with Gasteiger partial charge in [0, 0.05) is 0 Å². The molecule has 5 nitrogen and oxygen atoms in total. The molecule has 0 saturated heterocycles. The first-order chi connectivity index (χ1) is 9.07. The molecule has 0 aliphatic rings. The Morgan fingerprint density at radius 2 is 1.79 bits per heavy atom. The van der Waals surface area contributed by atoms with Crippen LogP contribution < -0.4 is 11.5 Å². The number of aliphatic carboxylic acids is 1. The van der Waals surface area contributed by atoms with Crippen LogP contribution in [0, 0.1) is 0 Å². The third-order valence-corrected chi connectivity index (χ3v) is 3.00. The fourth-order valence-corrected chi connectivity index (χ4v) is 1.94. The molecule has 0 saturated carbocycles. The highest BCUT2D eigenvalue weighted by Gasteiger charge is 2.31. The molecule has 1 rings (SSSR count). The topological polar surface area (TPSA) is 106 Å². The summed E-state index contributed by atoms with van der Waals surface area (Å²) >= 11 is 0. The molecule has 5 heteroatoms. The van der Waals surface area contributed by atoms with Crippen molar-refractivity contribution in [2.24, 2.45) is 11.5 Å². The first-order valence-electron chi connectivity index (χ1n) is 6.35. The first-order valence-corrected chi connectivity index (χ1v) is 6.35. The Hall–Kier alpha value is -1.72. The van der Waals surface area contributed by atoms with Crippen molar-refractivity contribution in [2.45, 2.75) is 31.2 Å². The summed E-state index contributed by atoms with van der Waals surface area (Å²) in [6.07, 6.45) is 1.97. The number of Topliss-reactive ketones (excluding diaryl/α,β-unsaturated/α-hetero) is 1. The van der Waals surface area contributed by atoms with Crippen LogP contribution in [-0.2, 0) is 9.59 Å². The average Bonchev–Trinajstić information content (AvgIpc) is 2.39. The molecule has 0 heterocycles. The van der Waals surface area contributed by atoms with E-state index in [0.29, 0.717) is 18.5 Å². The van der Waals surface area contributed by atoms with Gasteiger partial charge in [0.1, 0.15) is 5.92 Å². The van der Waals surface area contributed by atoms with E-state index in [9.17, 15) is 14.7 Å². The highest BCUT2D eigenvalue weighted by atomic mass is 16.4. The lowest BCUT2D eigenvalue weighted by Gasteiger charge is -2.16. The van der Waals surface area contributed by atoms with Crippen LogP contribution in [0.4, 0.5) is 0 Å². The fourth-order valence-electron chi connectivity index (χ4n) is 1.94. The van der Waals surface area contributed by atoms with Gasteiger partial charge in [-0.3, -0.25) is 9.59 Å². The van der Waals surface area contributed by atoms with E-state index in [1.54, 1.807) is 30.3 Å². The second kappa shape index (κ2) is 7.66. The summed E-state index contributed by atoms with van der Waals surface area (Å²) in [6.45, 7) is 0.544. The zero-order valence-electron chi connectivity index (χ0n) is 10.8. The Labute approximate surface area is 112 Å². The summed E-state index contributed by atoms with van der Waals surface area (Å²) in [5.74, 6) is -2.80. The van der Waals surface area contributed by atoms with Crippen LogP contribution in [0.1, 0.15) is 30.7 Å². The van der Waals surface area contributed by atoms with Crippen molar-refractivity contribution in [1.82, 2.24) is 0 Å². The molecule has 19 heavy (non-hydrogen) atoms. The van der Waals surface area contributed by atoms with Crippen LogP contribution >= 0.6 is 0 Å². The molecule has 2 atom stereocenters. The first kappa shape index (κ1) is 15.3. The van der Waals surface area contributed by atoms with Gasteiger partial charge in [0.05, 0.1) is 6.04 Å². The third-order valence-electron chi connectivity index (χ3n) is 3.00. The van der Waals surface area contributed by atoms with Gasteiger partial charge in [-0.1, -0.05) is 36.8 Å². The van der Waals surface area contributed by atoms with Gasteiger partial charge in [0.25, 0.3) is 0 Å². The van der Waals surface area contributed by atoms with Gasteiger partial charge in [-0.05, 0) is 24.9 Å². The number of hydrogen-bond acceptors (Lipinski definition) is 4. The number of benzene rings is 1. The lowest BCUT2D eigenvalue weighted by molar-refractivity contribution is -0.143. The van der Waals surface area contributed by atoms with Gasteiger partial charge in [0.2, 0.25) is 0 Å². The zero-order chi connectivity index (χ0) is 14.3. The second-order valence-corrected chi connectivity index (χ2v) is 4.48.